The zero-order valence-electron chi connectivity index (χ0n) is 11.9. The predicted molar refractivity (Wildman–Crippen MR) is 77.1 cm³/mol. The van der Waals surface area contributed by atoms with E-state index in [1.165, 1.54) is 0 Å². The summed E-state index contributed by atoms with van der Waals surface area (Å²) in [4.78, 5) is 25.3. The molecule has 1 fully saturated rings. The standard InChI is InChI=1S/C13H24N2O3S/c1-9(2)13(12(17)18)5-6-15(8-13)11(16)10(14)4-7-19-3/h9-10H,4-8,14H2,1-3H3,(H,17,18)/t10-,13?/m0/s1. The summed E-state index contributed by atoms with van der Waals surface area (Å²) in [6.07, 6.45) is 3.13. The molecule has 1 aliphatic heterocycles. The lowest BCUT2D eigenvalue weighted by Crippen LogP contribution is -2.46. The number of rotatable bonds is 6. The van der Waals surface area contributed by atoms with Crippen LogP contribution >= 0.6 is 11.8 Å². The van der Waals surface area contributed by atoms with Crippen LogP contribution in [0.15, 0.2) is 0 Å². The van der Waals surface area contributed by atoms with Gasteiger partial charge in [0.05, 0.1) is 11.5 Å². The molecule has 0 radical (unpaired) electrons. The fourth-order valence-corrected chi connectivity index (χ4v) is 3.01. The van der Waals surface area contributed by atoms with E-state index in [0.717, 1.165) is 5.75 Å². The third-order valence-corrected chi connectivity index (χ3v) is 4.74. The number of carboxylic acids is 1. The Kier molecular flexibility index (Phi) is 5.67. The Bertz CT molecular complexity index is 349. The molecule has 1 saturated heterocycles. The summed E-state index contributed by atoms with van der Waals surface area (Å²) < 4.78 is 0. The fourth-order valence-electron chi connectivity index (χ4n) is 2.52. The van der Waals surface area contributed by atoms with Gasteiger partial charge in [-0.25, -0.2) is 0 Å². The number of hydrogen-bond donors (Lipinski definition) is 2. The zero-order chi connectivity index (χ0) is 14.6. The number of carbonyl (C=O) groups excluding carboxylic acids is 1. The second-order valence-electron chi connectivity index (χ2n) is 5.51. The van der Waals surface area contributed by atoms with Crippen molar-refractivity contribution in [3.05, 3.63) is 0 Å². The molecule has 1 aliphatic rings. The first kappa shape index (κ1) is 16.3. The molecule has 19 heavy (non-hydrogen) atoms. The number of amides is 1. The lowest BCUT2D eigenvalue weighted by atomic mass is 9.76. The highest BCUT2D eigenvalue weighted by Gasteiger charge is 2.48. The van der Waals surface area contributed by atoms with Crippen molar-refractivity contribution in [3.63, 3.8) is 0 Å². The first-order chi connectivity index (χ1) is 8.85. The molecule has 0 spiro atoms. The molecule has 0 aromatic heterocycles. The average Bonchev–Trinajstić information content (AvgIpc) is 2.81. The molecule has 0 saturated carbocycles. The van der Waals surface area contributed by atoms with Crippen molar-refractivity contribution in [1.29, 1.82) is 0 Å². The Balaban J connectivity index is 2.69. The molecular weight excluding hydrogens is 264 g/mol. The highest BCUT2D eigenvalue weighted by molar-refractivity contribution is 7.98. The molecule has 2 atom stereocenters. The summed E-state index contributed by atoms with van der Waals surface area (Å²) in [6.45, 7) is 4.58. The van der Waals surface area contributed by atoms with Gasteiger partial charge in [-0.15, -0.1) is 0 Å². The van der Waals surface area contributed by atoms with Gasteiger partial charge in [-0.05, 0) is 30.8 Å². The molecule has 1 amide bonds. The van der Waals surface area contributed by atoms with E-state index in [1.807, 2.05) is 20.1 Å². The summed E-state index contributed by atoms with van der Waals surface area (Å²) in [7, 11) is 0. The third-order valence-electron chi connectivity index (χ3n) is 4.09. The van der Waals surface area contributed by atoms with Gasteiger partial charge in [0.2, 0.25) is 5.91 Å². The van der Waals surface area contributed by atoms with Gasteiger partial charge < -0.3 is 15.7 Å². The van der Waals surface area contributed by atoms with Gasteiger partial charge in [0.1, 0.15) is 0 Å². The first-order valence-corrected chi connectivity index (χ1v) is 8.01. The van der Waals surface area contributed by atoms with Crippen LogP contribution < -0.4 is 5.73 Å². The summed E-state index contributed by atoms with van der Waals surface area (Å²) in [5.74, 6) is -0.0758. The molecule has 5 nitrogen and oxygen atoms in total. The molecule has 0 aromatic carbocycles. The van der Waals surface area contributed by atoms with Gasteiger partial charge in [0.25, 0.3) is 0 Å². The largest absolute Gasteiger partial charge is 0.481 e. The Morgan fingerprint density at radius 3 is 2.53 bits per heavy atom. The molecule has 1 heterocycles. The fraction of sp³-hybridized carbons (Fsp3) is 0.846. The van der Waals surface area contributed by atoms with Crippen LogP contribution in [-0.4, -0.2) is 53.0 Å². The second-order valence-corrected chi connectivity index (χ2v) is 6.50. The number of nitrogens with zero attached hydrogens (tertiary/aromatic N) is 1. The number of hydrogen-bond acceptors (Lipinski definition) is 4. The summed E-state index contributed by atoms with van der Waals surface area (Å²) in [6, 6.07) is -0.510. The van der Waals surface area contributed by atoms with Gasteiger partial charge in [-0.1, -0.05) is 13.8 Å². The zero-order valence-corrected chi connectivity index (χ0v) is 12.7. The number of thioether (sulfide) groups is 1. The van der Waals surface area contributed by atoms with E-state index in [1.54, 1.807) is 16.7 Å². The van der Waals surface area contributed by atoms with Crippen LogP contribution in [0.4, 0.5) is 0 Å². The van der Waals surface area contributed by atoms with Crippen molar-refractivity contribution in [2.24, 2.45) is 17.1 Å². The van der Waals surface area contributed by atoms with E-state index < -0.39 is 17.4 Å². The molecule has 1 unspecified atom stereocenters. The minimum atomic E-state index is -0.811. The molecule has 110 valence electrons. The van der Waals surface area contributed by atoms with Gasteiger partial charge >= 0.3 is 5.97 Å². The van der Waals surface area contributed by atoms with Crippen molar-refractivity contribution in [1.82, 2.24) is 4.90 Å². The van der Waals surface area contributed by atoms with Crippen molar-refractivity contribution < 1.29 is 14.7 Å². The molecule has 6 heteroatoms. The lowest BCUT2D eigenvalue weighted by molar-refractivity contribution is -0.151. The van der Waals surface area contributed by atoms with E-state index in [4.69, 9.17) is 5.73 Å². The maximum atomic E-state index is 12.2. The normalized spacial score (nSPS) is 24.8. The summed E-state index contributed by atoms with van der Waals surface area (Å²) in [5, 5.41) is 9.44. The Morgan fingerprint density at radius 1 is 1.47 bits per heavy atom. The smallest absolute Gasteiger partial charge is 0.311 e. The quantitative estimate of drug-likeness (QED) is 0.762. The Morgan fingerprint density at radius 2 is 2.11 bits per heavy atom. The van der Waals surface area contributed by atoms with Crippen molar-refractivity contribution >= 4 is 23.6 Å². The lowest BCUT2D eigenvalue weighted by Gasteiger charge is -2.29. The molecule has 0 bridgehead atoms. The van der Waals surface area contributed by atoms with E-state index in [9.17, 15) is 14.7 Å². The van der Waals surface area contributed by atoms with Gasteiger partial charge in [-0.2, -0.15) is 11.8 Å². The van der Waals surface area contributed by atoms with Crippen LogP contribution in [0, 0.1) is 11.3 Å². The van der Waals surface area contributed by atoms with Gasteiger partial charge in [0, 0.05) is 13.1 Å². The Hall–Kier alpha value is -0.750. The number of likely N-dealkylation sites (tertiary alicyclic amines) is 1. The van der Waals surface area contributed by atoms with E-state index >= 15 is 0 Å². The van der Waals surface area contributed by atoms with E-state index in [2.05, 4.69) is 0 Å². The van der Waals surface area contributed by atoms with Crippen LogP contribution in [0.3, 0.4) is 0 Å². The summed E-state index contributed by atoms with van der Waals surface area (Å²) >= 11 is 1.65. The highest BCUT2D eigenvalue weighted by Crippen LogP contribution is 2.38. The van der Waals surface area contributed by atoms with Crippen LogP contribution in [-0.2, 0) is 9.59 Å². The molecule has 0 aromatic rings. The average molecular weight is 288 g/mol. The van der Waals surface area contributed by atoms with Crippen LogP contribution in [0.1, 0.15) is 26.7 Å². The monoisotopic (exact) mass is 288 g/mol. The van der Waals surface area contributed by atoms with Crippen LogP contribution in [0.5, 0.6) is 0 Å². The molecule has 0 aliphatic carbocycles. The SMILES string of the molecule is CSCC[C@H](N)C(=O)N1CCC(C(=O)O)(C(C)C)C1. The van der Waals surface area contributed by atoms with Crippen molar-refractivity contribution in [3.8, 4) is 0 Å². The number of carboxylic acid groups (broad SMARTS) is 1. The van der Waals surface area contributed by atoms with Crippen molar-refractivity contribution in [2.75, 3.05) is 25.1 Å². The number of nitrogens with two attached hydrogens (primary N) is 1. The topological polar surface area (TPSA) is 83.6 Å². The maximum Gasteiger partial charge on any atom is 0.311 e. The maximum absolute atomic E-state index is 12.2. The molecular formula is C13H24N2O3S. The predicted octanol–water partition coefficient (Wildman–Crippen LogP) is 1.03. The number of carbonyl (C=O) groups is 2. The minimum absolute atomic E-state index is 0.00484. The minimum Gasteiger partial charge on any atom is -0.481 e. The van der Waals surface area contributed by atoms with Crippen LogP contribution in [0.2, 0.25) is 0 Å². The van der Waals surface area contributed by atoms with E-state index in [-0.39, 0.29) is 18.4 Å². The molecule has 1 rings (SSSR count). The van der Waals surface area contributed by atoms with Gasteiger partial charge in [0.15, 0.2) is 0 Å². The van der Waals surface area contributed by atoms with Crippen LogP contribution in [0.25, 0.3) is 0 Å². The Labute approximate surface area is 118 Å². The van der Waals surface area contributed by atoms with E-state index in [0.29, 0.717) is 19.4 Å². The summed E-state index contributed by atoms with van der Waals surface area (Å²) in [5.41, 5.74) is 5.06. The van der Waals surface area contributed by atoms with Gasteiger partial charge in [-0.3, -0.25) is 9.59 Å². The first-order valence-electron chi connectivity index (χ1n) is 6.62. The molecule has 3 N–H and O–H groups in total. The number of aliphatic carboxylic acids is 1. The highest BCUT2D eigenvalue weighted by atomic mass is 32.2. The third kappa shape index (κ3) is 3.42. The van der Waals surface area contributed by atoms with Crippen molar-refractivity contribution in [2.45, 2.75) is 32.7 Å². The second kappa shape index (κ2) is 6.61.